The maximum Gasteiger partial charge on any atom is 0.0570 e. The predicted molar refractivity (Wildman–Crippen MR) is 62.6 cm³/mol. The minimum absolute atomic E-state index is 0.372. The first-order valence-corrected chi connectivity index (χ1v) is 5.94. The molecule has 0 aromatic carbocycles. The fourth-order valence-corrected chi connectivity index (χ4v) is 2.43. The van der Waals surface area contributed by atoms with Crippen LogP contribution in [0.15, 0.2) is 24.4 Å². The molecule has 3 atom stereocenters. The zero-order valence-electron chi connectivity index (χ0n) is 9.61. The van der Waals surface area contributed by atoms with E-state index >= 15 is 0 Å². The zero-order valence-corrected chi connectivity index (χ0v) is 9.61. The van der Waals surface area contributed by atoms with E-state index in [2.05, 4.69) is 36.3 Å². The minimum atomic E-state index is 0.372. The van der Waals surface area contributed by atoms with Crippen LogP contribution in [0.1, 0.15) is 44.8 Å². The lowest BCUT2D eigenvalue weighted by Crippen LogP contribution is -2.33. The van der Waals surface area contributed by atoms with E-state index in [1.54, 1.807) is 0 Å². The van der Waals surface area contributed by atoms with Crippen LogP contribution in [0.4, 0.5) is 0 Å². The average Bonchev–Trinajstić information content (AvgIpc) is 2.66. The van der Waals surface area contributed by atoms with Crippen LogP contribution in [-0.4, -0.2) is 11.0 Å². The van der Waals surface area contributed by atoms with E-state index in [-0.39, 0.29) is 0 Å². The highest BCUT2D eigenvalue weighted by atomic mass is 15.0. The van der Waals surface area contributed by atoms with Gasteiger partial charge in [-0.1, -0.05) is 19.4 Å². The molecule has 0 unspecified atom stereocenters. The molecule has 1 heterocycles. The second-order valence-electron chi connectivity index (χ2n) is 4.66. The summed E-state index contributed by atoms with van der Waals surface area (Å²) in [5, 5.41) is 3.68. The highest BCUT2D eigenvalue weighted by molar-refractivity contribution is 5.08. The zero-order chi connectivity index (χ0) is 10.7. The van der Waals surface area contributed by atoms with Gasteiger partial charge in [0.2, 0.25) is 0 Å². The summed E-state index contributed by atoms with van der Waals surface area (Å²) >= 11 is 0. The molecule has 0 aliphatic heterocycles. The number of aromatic nitrogens is 1. The third kappa shape index (κ3) is 2.57. The van der Waals surface area contributed by atoms with Gasteiger partial charge in [0.05, 0.1) is 5.69 Å². The van der Waals surface area contributed by atoms with Crippen LogP contribution in [0, 0.1) is 5.92 Å². The molecule has 1 fully saturated rings. The van der Waals surface area contributed by atoms with Crippen LogP contribution in [0.25, 0.3) is 0 Å². The van der Waals surface area contributed by atoms with Gasteiger partial charge in [-0.05, 0) is 37.8 Å². The molecule has 1 N–H and O–H groups in total. The smallest absolute Gasteiger partial charge is 0.0570 e. The molecule has 2 rings (SSSR count). The summed E-state index contributed by atoms with van der Waals surface area (Å²) < 4.78 is 0. The lowest BCUT2D eigenvalue weighted by Gasteiger charge is -2.22. The van der Waals surface area contributed by atoms with E-state index in [0.29, 0.717) is 12.1 Å². The Morgan fingerprint density at radius 3 is 2.87 bits per heavy atom. The topological polar surface area (TPSA) is 24.9 Å². The number of pyridine rings is 1. The molecule has 0 bridgehead atoms. The van der Waals surface area contributed by atoms with Crippen molar-refractivity contribution >= 4 is 0 Å². The van der Waals surface area contributed by atoms with E-state index in [1.165, 1.54) is 19.3 Å². The number of nitrogens with zero attached hydrogens (tertiary/aromatic N) is 1. The molecule has 15 heavy (non-hydrogen) atoms. The van der Waals surface area contributed by atoms with Gasteiger partial charge in [-0.2, -0.15) is 0 Å². The van der Waals surface area contributed by atoms with Crippen molar-refractivity contribution in [2.75, 3.05) is 0 Å². The Balaban J connectivity index is 1.95. The molecule has 1 aliphatic carbocycles. The molecule has 1 aliphatic rings. The highest BCUT2D eigenvalue weighted by Gasteiger charge is 2.24. The normalized spacial score (nSPS) is 27.9. The van der Waals surface area contributed by atoms with Crippen LogP contribution >= 0.6 is 0 Å². The number of nitrogens with one attached hydrogen (secondary N) is 1. The first kappa shape index (κ1) is 10.6. The third-order valence-corrected chi connectivity index (χ3v) is 3.46. The highest BCUT2D eigenvalue weighted by Crippen LogP contribution is 2.26. The van der Waals surface area contributed by atoms with Crippen LogP contribution in [-0.2, 0) is 0 Å². The first-order chi connectivity index (χ1) is 7.27. The second kappa shape index (κ2) is 4.75. The van der Waals surface area contributed by atoms with Crippen LogP contribution < -0.4 is 5.32 Å². The Kier molecular flexibility index (Phi) is 3.37. The van der Waals surface area contributed by atoms with Gasteiger partial charge in [-0.3, -0.25) is 4.98 Å². The summed E-state index contributed by atoms with van der Waals surface area (Å²) in [5.41, 5.74) is 1.15. The van der Waals surface area contributed by atoms with E-state index < -0.39 is 0 Å². The van der Waals surface area contributed by atoms with Crippen molar-refractivity contribution in [3.05, 3.63) is 30.1 Å². The summed E-state index contributed by atoms with van der Waals surface area (Å²) in [4.78, 5) is 4.38. The van der Waals surface area contributed by atoms with Crippen LogP contribution in [0.5, 0.6) is 0 Å². The van der Waals surface area contributed by atoms with Gasteiger partial charge in [0.15, 0.2) is 0 Å². The van der Waals surface area contributed by atoms with Crippen LogP contribution in [0.3, 0.4) is 0 Å². The van der Waals surface area contributed by atoms with Crippen molar-refractivity contribution in [2.24, 2.45) is 5.92 Å². The predicted octanol–water partition coefficient (Wildman–Crippen LogP) is 2.92. The molecule has 82 valence electrons. The average molecular weight is 204 g/mol. The molecule has 1 aromatic heterocycles. The van der Waals surface area contributed by atoms with Gasteiger partial charge in [-0.25, -0.2) is 0 Å². The Hall–Kier alpha value is -0.890. The standard InChI is InChI=1S/C13H20N2/c1-10-6-5-8-12(10)15-11(2)13-7-3-4-9-14-13/h3-4,7,9-12,15H,5-6,8H2,1-2H3/t10-,11-,12-/m0/s1. The number of hydrogen-bond donors (Lipinski definition) is 1. The Bertz CT molecular complexity index is 297. The maximum absolute atomic E-state index is 4.38. The molecule has 0 radical (unpaired) electrons. The molecule has 0 amide bonds. The van der Waals surface area contributed by atoms with Gasteiger partial charge >= 0.3 is 0 Å². The summed E-state index contributed by atoms with van der Waals surface area (Å²) in [5.74, 6) is 0.816. The molecule has 1 saturated carbocycles. The van der Waals surface area contributed by atoms with Gasteiger partial charge < -0.3 is 5.32 Å². The summed E-state index contributed by atoms with van der Waals surface area (Å²) in [6.45, 7) is 4.54. The van der Waals surface area contributed by atoms with Crippen molar-refractivity contribution < 1.29 is 0 Å². The van der Waals surface area contributed by atoms with Crippen molar-refractivity contribution in [1.82, 2.24) is 10.3 Å². The monoisotopic (exact) mass is 204 g/mol. The van der Waals surface area contributed by atoms with Gasteiger partial charge in [0.1, 0.15) is 0 Å². The van der Waals surface area contributed by atoms with E-state index in [0.717, 1.165) is 11.6 Å². The van der Waals surface area contributed by atoms with E-state index in [4.69, 9.17) is 0 Å². The van der Waals surface area contributed by atoms with E-state index in [9.17, 15) is 0 Å². The quantitative estimate of drug-likeness (QED) is 0.819. The van der Waals surface area contributed by atoms with E-state index in [1.807, 2.05) is 12.3 Å². The molecule has 1 aromatic rings. The lowest BCUT2D eigenvalue weighted by molar-refractivity contribution is 0.385. The largest absolute Gasteiger partial charge is 0.306 e. The SMILES string of the molecule is C[C@H](N[C@H]1CCC[C@@H]1C)c1ccccn1. The first-order valence-electron chi connectivity index (χ1n) is 5.94. The van der Waals surface area contributed by atoms with Crippen molar-refractivity contribution in [1.29, 1.82) is 0 Å². The van der Waals surface area contributed by atoms with Gasteiger partial charge in [0, 0.05) is 18.3 Å². The van der Waals surface area contributed by atoms with Gasteiger partial charge in [-0.15, -0.1) is 0 Å². The van der Waals surface area contributed by atoms with Crippen molar-refractivity contribution in [2.45, 2.75) is 45.2 Å². The maximum atomic E-state index is 4.38. The lowest BCUT2D eigenvalue weighted by atomic mass is 10.0. The summed E-state index contributed by atoms with van der Waals surface area (Å²) in [7, 11) is 0. The Labute approximate surface area is 92.1 Å². The number of rotatable bonds is 3. The third-order valence-electron chi connectivity index (χ3n) is 3.46. The molecule has 2 nitrogen and oxygen atoms in total. The minimum Gasteiger partial charge on any atom is -0.306 e. The molecule has 2 heteroatoms. The van der Waals surface area contributed by atoms with Gasteiger partial charge in [0.25, 0.3) is 0 Å². The van der Waals surface area contributed by atoms with Crippen molar-refractivity contribution in [3.63, 3.8) is 0 Å². The fraction of sp³-hybridized carbons (Fsp3) is 0.615. The summed E-state index contributed by atoms with van der Waals surface area (Å²) in [6.07, 6.45) is 5.92. The Morgan fingerprint density at radius 1 is 1.40 bits per heavy atom. The fourth-order valence-electron chi connectivity index (χ4n) is 2.43. The molecular formula is C13H20N2. The summed E-state index contributed by atoms with van der Waals surface area (Å²) in [6, 6.07) is 7.17. The molecular weight excluding hydrogens is 184 g/mol. The molecule has 0 spiro atoms. The Morgan fingerprint density at radius 2 is 2.27 bits per heavy atom. The van der Waals surface area contributed by atoms with Crippen LogP contribution in [0.2, 0.25) is 0 Å². The molecule has 0 saturated heterocycles. The van der Waals surface area contributed by atoms with Crippen molar-refractivity contribution in [3.8, 4) is 0 Å². The number of hydrogen-bond acceptors (Lipinski definition) is 2. The second-order valence-corrected chi connectivity index (χ2v) is 4.66.